The van der Waals surface area contributed by atoms with Crippen molar-refractivity contribution in [1.29, 1.82) is 0 Å². The molecule has 0 aliphatic heterocycles. The summed E-state index contributed by atoms with van der Waals surface area (Å²) in [7, 11) is 0. The number of aryl methyl sites for hydroxylation is 1. The van der Waals surface area contributed by atoms with E-state index in [-0.39, 0.29) is 6.04 Å². The van der Waals surface area contributed by atoms with Gasteiger partial charge >= 0.3 is 0 Å². The number of furan rings is 1. The molecule has 1 aliphatic rings. The van der Waals surface area contributed by atoms with E-state index in [0.29, 0.717) is 5.41 Å². The maximum atomic E-state index is 6.04. The highest BCUT2D eigenvalue weighted by atomic mass is 16.3. The Morgan fingerprint density at radius 3 is 2.50 bits per heavy atom. The first-order valence-electron chi connectivity index (χ1n) is 7.75. The molecule has 1 aromatic carbocycles. The number of rotatable bonds is 5. The van der Waals surface area contributed by atoms with E-state index < -0.39 is 0 Å². The van der Waals surface area contributed by atoms with Crippen molar-refractivity contribution in [3.63, 3.8) is 0 Å². The number of hydrogen-bond acceptors (Lipinski definition) is 2. The Labute approximate surface area is 121 Å². The number of benzene rings is 1. The second kappa shape index (κ2) is 4.92. The van der Waals surface area contributed by atoms with Gasteiger partial charge in [-0.3, -0.25) is 0 Å². The molecule has 1 heterocycles. The van der Waals surface area contributed by atoms with Crippen LogP contribution in [-0.4, -0.2) is 6.54 Å². The van der Waals surface area contributed by atoms with Gasteiger partial charge in [0.25, 0.3) is 0 Å². The van der Waals surface area contributed by atoms with Crippen molar-refractivity contribution in [3.05, 3.63) is 35.6 Å². The minimum Gasteiger partial charge on any atom is -0.459 e. The molecule has 20 heavy (non-hydrogen) atoms. The average Bonchev–Trinajstić information content (AvgIpc) is 3.16. The quantitative estimate of drug-likeness (QED) is 0.842. The van der Waals surface area contributed by atoms with Gasteiger partial charge in [0.15, 0.2) is 0 Å². The molecule has 2 heteroatoms. The van der Waals surface area contributed by atoms with Crippen LogP contribution in [0.4, 0.5) is 0 Å². The molecule has 1 aliphatic carbocycles. The lowest BCUT2D eigenvalue weighted by Crippen LogP contribution is -2.29. The lowest BCUT2D eigenvalue weighted by molar-refractivity contribution is 0.314. The van der Waals surface area contributed by atoms with Crippen LogP contribution in [0.2, 0.25) is 0 Å². The van der Waals surface area contributed by atoms with Crippen molar-refractivity contribution in [2.45, 2.75) is 46.6 Å². The van der Waals surface area contributed by atoms with E-state index in [4.69, 9.17) is 4.42 Å². The van der Waals surface area contributed by atoms with Gasteiger partial charge in [0.1, 0.15) is 11.3 Å². The highest BCUT2D eigenvalue weighted by molar-refractivity contribution is 5.82. The largest absolute Gasteiger partial charge is 0.459 e. The van der Waals surface area contributed by atoms with Crippen molar-refractivity contribution in [2.24, 2.45) is 11.3 Å². The van der Waals surface area contributed by atoms with Gasteiger partial charge in [0.05, 0.1) is 6.04 Å². The molecule has 0 bridgehead atoms. The maximum absolute atomic E-state index is 6.04. The van der Waals surface area contributed by atoms with Gasteiger partial charge in [-0.1, -0.05) is 32.0 Å². The smallest absolute Gasteiger partial charge is 0.134 e. The van der Waals surface area contributed by atoms with Gasteiger partial charge in [-0.15, -0.1) is 0 Å². The first kappa shape index (κ1) is 13.7. The molecule has 108 valence electrons. The molecule has 2 aromatic rings. The number of para-hydroxylation sites is 1. The van der Waals surface area contributed by atoms with Gasteiger partial charge in [0.2, 0.25) is 0 Å². The number of nitrogens with one attached hydrogen (secondary N) is 1. The van der Waals surface area contributed by atoms with Crippen LogP contribution in [0.3, 0.4) is 0 Å². The Morgan fingerprint density at radius 2 is 1.90 bits per heavy atom. The van der Waals surface area contributed by atoms with Crippen LogP contribution in [0.1, 0.15) is 51.0 Å². The minimum absolute atomic E-state index is 0.277. The lowest BCUT2D eigenvalue weighted by Gasteiger charge is -2.22. The molecule has 1 unspecified atom stereocenters. The van der Waals surface area contributed by atoms with Crippen molar-refractivity contribution in [1.82, 2.24) is 5.32 Å². The summed E-state index contributed by atoms with van der Waals surface area (Å²) in [5, 5.41) is 4.93. The third-order valence-electron chi connectivity index (χ3n) is 5.15. The van der Waals surface area contributed by atoms with E-state index in [1.54, 1.807) is 0 Å². The lowest BCUT2D eigenvalue weighted by atomic mass is 9.92. The minimum atomic E-state index is 0.277. The van der Waals surface area contributed by atoms with E-state index in [1.807, 2.05) is 6.07 Å². The summed E-state index contributed by atoms with van der Waals surface area (Å²) >= 11 is 0. The molecule has 1 aromatic heterocycles. The summed E-state index contributed by atoms with van der Waals surface area (Å²) in [5.41, 5.74) is 2.81. The first-order valence-corrected chi connectivity index (χ1v) is 7.75. The van der Waals surface area contributed by atoms with Crippen LogP contribution < -0.4 is 5.32 Å². The number of fused-ring (bicyclic) bond motifs is 1. The summed E-state index contributed by atoms with van der Waals surface area (Å²) in [6, 6.07) is 8.57. The predicted octanol–water partition coefficient (Wildman–Crippen LogP) is 4.83. The highest BCUT2D eigenvalue weighted by Crippen LogP contribution is 2.51. The molecule has 1 atom stereocenters. The van der Waals surface area contributed by atoms with Crippen molar-refractivity contribution in [3.8, 4) is 0 Å². The van der Waals surface area contributed by atoms with Crippen LogP contribution in [0.5, 0.6) is 0 Å². The van der Waals surface area contributed by atoms with Gasteiger partial charge in [-0.25, -0.2) is 0 Å². The predicted molar refractivity (Wildman–Crippen MR) is 83.9 cm³/mol. The Morgan fingerprint density at radius 1 is 1.20 bits per heavy atom. The molecule has 0 spiro atoms. The Bertz CT molecular complexity index is 607. The molecule has 1 N–H and O–H groups in total. The fourth-order valence-corrected chi connectivity index (χ4v) is 3.17. The van der Waals surface area contributed by atoms with E-state index in [0.717, 1.165) is 23.8 Å². The Balaban J connectivity index is 1.76. The third kappa shape index (κ3) is 2.26. The van der Waals surface area contributed by atoms with Crippen LogP contribution in [0, 0.1) is 18.3 Å². The van der Waals surface area contributed by atoms with Crippen LogP contribution in [0.25, 0.3) is 11.0 Å². The summed E-state index contributed by atoms with van der Waals surface area (Å²) in [4.78, 5) is 0. The van der Waals surface area contributed by atoms with Crippen LogP contribution in [-0.2, 0) is 0 Å². The standard InChI is InChI=1S/C18H25NO/c1-12(2)18(9-10-18)11-19-14(4)17-13(3)15-7-5-6-8-16(15)20-17/h5-8,12,14,19H,9-11H2,1-4H3. The summed E-state index contributed by atoms with van der Waals surface area (Å²) in [6.07, 6.45) is 2.73. The van der Waals surface area contributed by atoms with Crippen LogP contribution >= 0.6 is 0 Å². The van der Waals surface area contributed by atoms with Crippen molar-refractivity contribution < 1.29 is 4.42 Å². The highest BCUT2D eigenvalue weighted by Gasteiger charge is 2.45. The zero-order chi connectivity index (χ0) is 14.3. The van der Waals surface area contributed by atoms with Gasteiger partial charge in [-0.05, 0) is 49.7 Å². The molecule has 1 fully saturated rings. The monoisotopic (exact) mass is 271 g/mol. The van der Waals surface area contributed by atoms with Crippen LogP contribution in [0.15, 0.2) is 28.7 Å². The summed E-state index contributed by atoms with van der Waals surface area (Å²) in [6.45, 7) is 10.1. The first-order chi connectivity index (χ1) is 9.53. The zero-order valence-corrected chi connectivity index (χ0v) is 13.0. The second-order valence-corrected chi connectivity index (χ2v) is 6.71. The molecule has 0 saturated heterocycles. The maximum Gasteiger partial charge on any atom is 0.134 e. The molecular formula is C18H25NO. The van der Waals surface area contributed by atoms with Gasteiger partial charge in [0, 0.05) is 11.9 Å². The Kier molecular flexibility index (Phi) is 3.37. The van der Waals surface area contributed by atoms with Crippen molar-refractivity contribution >= 4 is 11.0 Å². The summed E-state index contributed by atoms with van der Waals surface area (Å²) in [5.74, 6) is 1.85. The topological polar surface area (TPSA) is 25.2 Å². The SMILES string of the molecule is Cc1c(C(C)NCC2(C(C)C)CC2)oc2ccccc12. The van der Waals surface area contributed by atoms with Gasteiger partial charge < -0.3 is 9.73 Å². The molecular weight excluding hydrogens is 246 g/mol. The number of hydrogen-bond donors (Lipinski definition) is 1. The van der Waals surface area contributed by atoms with E-state index >= 15 is 0 Å². The molecule has 0 radical (unpaired) electrons. The van der Waals surface area contributed by atoms with E-state index in [9.17, 15) is 0 Å². The Hall–Kier alpha value is -1.28. The fourth-order valence-electron chi connectivity index (χ4n) is 3.17. The van der Waals surface area contributed by atoms with E-state index in [2.05, 4.69) is 51.2 Å². The third-order valence-corrected chi connectivity index (χ3v) is 5.15. The van der Waals surface area contributed by atoms with Gasteiger partial charge in [-0.2, -0.15) is 0 Å². The molecule has 3 rings (SSSR count). The average molecular weight is 271 g/mol. The van der Waals surface area contributed by atoms with Crippen molar-refractivity contribution in [2.75, 3.05) is 6.54 Å². The molecule has 0 amide bonds. The van der Waals surface area contributed by atoms with E-state index in [1.165, 1.54) is 23.8 Å². The zero-order valence-electron chi connectivity index (χ0n) is 13.0. The fraction of sp³-hybridized carbons (Fsp3) is 0.556. The second-order valence-electron chi connectivity index (χ2n) is 6.71. The molecule has 2 nitrogen and oxygen atoms in total. The molecule has 1 saturated carbocycles. The summed E-state index contributed by atoms with van der Waals surface area (Å²) < 4.78 is 6.04. The normalized spacial score (nSPS) is 18.6.